The lowest BCUT2D eigenvalue weighted by Crippen LogP contribution is -2.31. The molecule has 2 aromatic heterocycles. The molecule has 0 spiro atoms. The number of hydrogen-bond donors (Lipinski definition) is 1. The van der Waals surface area contributed by atoms with E-state index in [-0.39, 0.29) is 6.04 Å². The standard InChI is InChI=1S/C14H16N4S/c1-10(2)18(9-12-4-3-7-19-12)14-13(16)11(8-15)5-6-17-14/h3-7,10H,9,16H2,1-2H3. The molecule has 0 aliphatic carbocycles. The number of aromatic nitrogens is 1. The van der Waals surface area contributed by atoms with Gasteiger partial charge in [-0.05, 0) is 31.4 Å². The minimum atomic E-state index is 0.255. The Labute approximate surface area is 117 Å². The van der Waals surface area contributed by atoms with Crippen molar-refractivity contribution >= 4 is 22.8 Å². The van der Waals surface area contributed by atoms with Crippen LogP contribution in [-0.2, 0) is 6.54 Å². The first kappa shape index (κ1) is 13.4. The Hall–Kier alpha value is -2.06. The van der Waals surface area contributed by atoms with Crippen molar-refractivity contribution in [3.63, 3.8) is 0 Å². The van der Waals surface area contributed by atoms with Crippen molar-refractivity contribution in [2.24, 2.45) is 0 Å². The number of pyridine rings is 1. The molecule has 2 aromatic rings. The molecule has 2 rings (SSSR count). The van der Waals surface area contributed by atoms with Gasteiger partial charge in [0.1, 0.15) is 6.07 Å². The number of nitrogens with zero attached hydrogens (tertiary/aromatic N) is 3. The molecule has 0 saturated carbocycles. The van der Waals surface area contributed by atoms with Crippen LogP contribution in [0.2, 0.25) is 0 Å². The molecule has 19 heavy (non-hydrogen) atoms. The van der Waals surface area contributed by atoms with Crippen molar-refractivity contribution in [3.05, 3.63) is 40.2 Å². The molecular weight excluding hydrogens is 256 g/mol. The van der Waals surface area contributed by atoms with E-state index in [1.165, 1.54) is 4.88 Å². The Kier molecular flexibility index (Phi) is 4.03. The SMILES string of the molecule is CC(C)N(Cc1cccs1)c1nccc(C#N)c1N. The predicted octanol–water partition coefficient (Wildman–Crippen LogP) is 3.01. The van der Waals surface area contributed by atoms with E-state index in [2.05, 4.69) is 41.2 Å². The quantitative estimate of drug-likeness (QED) is 0.929. The van der Waals surface area contributed by atoms with E-state index in [0.717, 1.165) is 6.54 Å². The minimum Gasteiger partial charge on any atom is -0.395 e. The van der Waals surface area contributed by atoms with Crippen LogP contribution in [0.4, 0.5) is 11.5 Å². The van der Waals surface area contributed by atoms with Gasteiger partial charge in [0.15, 0.2) is 5.82 Å². The van der Waals surface area contributed by atoms with Crippen LogP contribution in [-0.4, -0.2) is 11.0 Å². The molecule has 0 atom stereocenters. The van der Waals surface area contributed by atoms with Crippen LogP contribution in [0.5, 0.6) is 0 Å². The van der Waals surface area contributed by atoms with Gasteiger partial charge in [0.05, 0.1) is 17.8 Å². The number of anilines is 2. The maximum absolute atomic E-state index is 9.05. The lowest BCUT2D eigenvalue weighted by molar-refractivity contribution is 0.678. The summed E-state index contributed by atoms with van der Waals surface area (Å²) >= 11 is 1.70. The van der Waals surface area contributed by atoms with Gasteiger partial charge in [-0.3, -0.25) is 0 Å². The van der Waals surface area contributed by atoms with Crippen LogP contribution in [0.3, 0.4) is 0 Å². The van der Waals surface area contributed by atoms with E-state index >= 15 is 0 Å². The number of hydrogen-bond acceptors (Lipinski definition) is 5. The second-order valence-electron chi connectivity index (χ2n) is 4.51. The van der Waals surface area contributed by atoms with Crippen molar-refractivity contribution in [1.29, 1.82) is 5.26 Å². The van der Waals surface area contributed by atoms with Crippen LogP contribution in [0.25, 0.3) is 0 Å². The van der Waals surface area contributed by atoms with E-state index in [1.54, 1.807) is 23.6 Å². The highest BCUT2D eigenvalue weighted by atomic mass is 32.1. The molecule has 0 saturated heterocycles. The lowest BCUT2D eigenvalue weighted by Gasteiger charge is -2.28. The molecule has 98 valence electrons. The first-order valence-corrected chi connectivity index (χ1v) is 6.95. The molecule has 0 fully saturated rings. The first-order valence-electron chi connectivity index (χ1n) is 6.07. The first-order chi connectivity index (χ1) is 9.13. The van der Waals surface area contributed by atoms with Crippen molar-refractivity contribution in [2.45, 2.75) is 26.4 Å². The molecule has 0 aromatic carbocycles. The summed E-state index contributed by atoms with van der Waals surface area (Å²) in [6.45, 7) is 4.93. The summed E-state index contributed by atoms with van der Waals surface area (Å²) in [5, 5.41) is 11.1. The third kappa shape index (κ3) is 2.85. The average Bonchev–Trinajstić information content (AvgIpc) is 2.89. The van der Waals surface area contributed by atoms with Gasteiger partial charge in [-0.15, -0.1) is 11.3 Å². The second-order valence-corrected chi connectivity index (χ2v) is 5.54. The highest BCUT2D eigenvalue weighted by Gasteiger charge is 2.17. The maximum atomic E-state index is 9.05. The Morgan fingerprint density at radius 1 is 1.47 bits per heavy atom. The van der Waals surface area contributed by atoms with Crippen LogP contribution in [0, 0.1) is 11.3 Å². The van der Waals surface area contributed by atoms with Gasteiger partial charge in [-0.25, -0.2) is 4.98 Å². The topological polar surface area (TPSA) is 65.9 Å². The Balaban J connectivity index is 2.37. The molecule has 5 heteroatoms. The summed E-state index contributed by atoms with van der Waals surface area (Å²) in [5.41, 5.74) is 6.97. The van der Waals surface area contributed by atoms with Crippen molar-refractivity contribution in [1.82, 2.24) is 4.98 Å². The molecule has 0 bridgehead atoms. The Morgan fingerprint density at radius 3 is 2.84 bits per heavy atom. The summed E-state index contributed by atoms with van der Waals surface area (Å²) in [6, 6.07) is 8.11. The van der Waals surface area contributed by atoms with Crippen LogP contribution in [0.15, 0.2) is 29.8 Å². The van der Waals surface area contributed by atoms with Crippen LogP contribution >= 0.6 is 11.3 Å². The van der Waals surface area contributed by atoms with Gasteiger partial charge in [0.2, 0.25) is 0 Å². The molecule has 0 aliphatic heterocycles. The second kappa shape index (κ2) is 5.72. The maximum Gasteiger partial charge on any atom is 0.153 e. The highest BCUT2D eigenvalue weighted by Crippen LogP contribution is 2.27. The Morgan fingerprint density at radius 2 is 2.26 bits per heavy atom. The van der Waals surface area contributed by atoms with Gasteiger partial charge < -0.3 is 10.6 Å². The zero-order chi connectivity index (χ0) is 13.8. The zero-order valence-electron chi connectivity index (χ0n) is 11.0. The summed E-state index contributed by atoms with van der Waals surface area (Å²) in [5.74, 6) is 0.683. The zero-order valence-corrected chi connectivity index (χ0v) is 11.8. The molecule has 0 radical (unpaired) electrons. The molecule has 4 nitrogen and oxygen atoms in total. The number of thiophene rings is 1. The van der Waals surface area contributed by atoms with E-state index in [4.69, 9.17) is 11.0 Å². The van der Waals surface area contributed by atoms with Crippen molar-refractivity contribution in [2.75, 3.05) is 10.6 Å². The molecular formula is C14H16N4S. The number of nitrogen functional groups attached to an aromatic ring is 1. The van der Waals surface area contributed by atoms with Gasteiger partial charge >= 0.3 is 0 Å². The predicted molar refractivity (Wildman–Crippen MR) is 79.0 cm³/mol. The minimum absolute atomic E-state index is 0.255. The third-order valence-electron chi connectivity index (χ3n) is 2.89. The average molecular weight is 272 g/mol. The van der Waals surface area contributed by atoms with E-state index in [0.29, 0.717) is 17.1 Å². The molecule has 0 aliphatic rings. The third-order valence-corrected chi connectivity index (χ3v) is 3.75. The molecule has 0 unspecified atom stereocenters. The molecule has 2 heterocycles. The van der Waals surface area contributed by atoms with Crippen molar-refractivity contribution in [3.8, 4) is 6.07 Å². The Bertz CT molecular complexity index is 584. The summed E-state index contributed by atoms with van der Waals surface area (Å²) in [4.78, 5) is 7.70. The smallest absolute Gasteiger partial charge is 0.153 e. The number of rotatable bonds is 4. The molecule has 0 amide bonds. The number of nitrogens with two attached hydrogens (primary N) is 1. The summed E-state index contributed by atoms with van der Waals surface area (Å²) in [7, 11) is 0. The highest BCUT2D eigenvalue weighted by molar-refractivity contribution is 7.09. The molecule has 2 N–H and O–H groups in total. The fraction of sp³-hybridized carbons (Fsp3) is 0.286. The normalized spacial score (nSPS) is 10.4. The van der Waals surface area contributed by atoms with Gasteiger partial charge in [0.25, 0.3) is 0 Å². The summed E-state index contributed by atoms with van der Waals surface area (Å²) in [6.07, 6.45) is 1.63. The van der Waals surface area contributed by atoms with Gasteiger partial charge in [-0.1, -0.05) is 6.07 Å². The van der Waals surface area contributed by atoms with Gasteiger partial charge in [-0.2, -0.15) is 5.26 Å². The summed E-state index contributed by atoms with van der Waals surface area (Å²) < 4.78 is 0. The van der Waals surface area contributed by atoms with Gasteiger partial charge in [0, 0.05) is 17.1 Å². The van der Waals surface area contributed by atoms with E-state index < -0.39 is 0 Å². The van der Waals surface area contributed by atoms with Crippen LogP contribution in [0.1, 0.15) is 24.3 Å². The number of nitriles is 1. The largest absolute Gasteiger partial charge is 0.395 e. The van der Waals surface area contributed by atoms with Crippen LogP contribution < -0.4 is 10.6 Å². The van der Waals surface area contributed by atoms with E-state index in [1.807, 2.05) is 6.07 Å². The fourth-order valence-corrected chi connectivity index (χ4v) is 2.56. The lowest BCUT2D eigenvalue weighted by atomic mass is 10.2. The van der Waals surface area contributed by atoms with E-state index in [9.17, 15) is 0 Å². The fourth-order valence-electron chi connectivity index (χ4n) is 1.86. The monoisotopic (exact) mass is 272 g/mol. The van der Waals surface area contributed by atoms with Crippen molar-refractivity contribution < 1.29 is 0 Å².